The third-order valence-electron chi connectivity index (χ3n) is 3.45. The first-order valence-corrected chi connectivity index (χ1v) is 13.6. The van der Waals surface area contributed by atoms with Crippen molar-refractivity contribution in [3.63, 3.8) is 0 Å². The fraction of sp³-hybridized carbons (Fsp3) is 0.200. The van der Waals surface area contributed by atoms with Crippen LogP contribution in [-0.2, 0) is 9.05 Å². The second-order valence-corrected chi connectivity index (χ2v) is 9.97. The number of hydrogen-bond donors (Lipinski definition) is 2. The molecule has 0 aliphatic heterocycles. The summed E-state index contributed by atoms with van der Waals surface area (Å²) in [7, 11) is 1.31. The molecule has 0 unspecified atom stereocenters. The first kappa shape index (κ1) is 31.1. The average Bonchev–Trinajstić information content (AvgIpc) is 2.78. The van der Waals surface area contributed by atoms with Gasteiger partial charge in [-0.2, -0.15) is 0 Å². The zero-order chi connectivity index (χ0) is 25.0. The zero-order valence-corrected chi connectivity index (χ0v) is 21.4. The molecule has 0 spiro atoms. The molecule has 0 aromatic heterocycles. The molecule has 4 nitrogen and oxygen atoms in total. The minimum Gasteiger partial charge on any atom is -0.392 e. The Labute approximate surface area is 211 Å². The van der Waals surface area contributed by atoms with Crippen molar-refractivity contribution >= 4 is 67.2 Å². The third-order valence-corrected chi connectivity index (χ3v) is 3.81. The highest BCUT2D eigenvalue weighted by atomic mass is 35.7. The Kier molecular flexibility index (Phi) is 18.5. The first-order chi connectivity index (χ1) is 15.7. The van der Waals surface area contributed by atoms with Crippen LogP contribution in [0.4, 0.5) is 0 Å². The molecule has 33 heavy (non-hydrogen) atoms. The lowest BCUT2D eigenvalue weighted by Crippen LogP contribution is -1.78. The van der Waals surface area contributed by atoms with Crippen molar-refractivity contribution in [1.29, 1.82) is 0 Å². The summed E-state index contributed by atoms with van der Waals surface area (Å²) in [4.78, 5) is 0. The Hall–Kier alpha value is -1.86. The number of allylic oxidation sites excluding steroid dienone is 2. The van der Waals surface area contributed by atoms with Gasteiger partial charge in [-0.3, -0.25) is 0 Å². The van der Waals surface area contributed by atoms with Crippen LogP contribution >= 0.6 is 33.9 Å². The van der Waals surface area contributed by atoms with Gasteiger partial charge in [0.15, 0.2) is 0 Å². The molecule has 0 saturated heterocycles. The van der Waals surface area contributed by atoms with Crippen LogP contribution in [-0.4, -0.2) is 49.9 Å². The fourth-order valence-electron chi connectivity index (χ4n) is 2.27. The van der Waals surface area contributed by atoms with Crippen LogP contribution in [0.15, 0.2) is 72.8 Å². The Morgan fingerprint density at radius 2 is 0.970 bits per heavy atom. The van der Waals surface area contributed by atoms with E-state index in [1.807, 2.05) is 78.9 Å². The Bertz CT molecular complexity index is 880. The predicted molar refractivity (Wildman–Crippen MR) is 145 cm³/mol. The van der Waals surface area contributed by atoms with Gasteiger partial charge in [-0.15, -0.1) is 23.2 Å². The summed E-state index contributed by atoms with van der Waals surface area (Å²) >= 11 is 11.1. The van der Waals surface area contributed by atoms with Crippen molar-refractivity contribution in [1.82, 2.24) is 0 Å². The molecular formula is C25H29Cl3O4S. The van der Waals surface area contributed by atoms with Crippen LogP contribution in [0.5, 0.6) is 0 Å². The molecule has 0 heterocycles. The fourth-order valence-corrected chi connectivity index (χ4v) is 2.45. The summed E-state index contributed by atoms with van der Waals surface area (Å²) in [6.45, 7) is 0.105. The molecular weight excluding hydrogens is 503 g/mol. The molecule has 0 saturated carbocycles. The van der Waals surface area contributed by atoms with E-state index < -0.39 is 9.05 Å². The molecule has 0 fully saturated rings. The average molecular weight is 532 g/mol. The second-order valence-electron chi connectivity index (χ2n) is 6.31. The Morgan fingerprint density at radius 3 is 1.21 bits per heavy atom. The molecule has 2 N–H and O–H groups in total. The Balaban J connectivity index is 0.000000517. The molecule has 0 bridgehead atoms. The standard InChI is InChI=1S/C12H12Cl2.C12H14O2.CH3ClO2S/c2*13-8-2-6-11-4-1-5-12(10-11)7-3-9-14;1-5(2,3)4/h1-7,10H,8-9H2;1-7,10,13-14H,8-9H2;1H3/b2*6-2+,7-3+;. The number of aliphatic hydroxyl groups is 2. The number of alkyl halides is 2. The van der Waals surface area contributed by atoms with E-state index in [9.17, 15) is 8.42 Å². The first-order valence-electron chi connectivity index (χ1n) is 9.83. The minimum atomic E-state index is -3.19. The lowest BCUT2D eigenvalue weighted by atomic mass is 10.1. The van der Waals surface area contributed by atoms with Crippen molar-refractivity contribution in [2.45, 2.75) is 0 Å². The number of halogens is 3. The summed E-state index contributed by atoms with van der Waals surface area (Å²) in [5.74, 6) is 1.09. The van der Waals surface area contributed by atoms with Crippen LogP contribution < -0.4 is 0 Å². The van der Waals surface area contributed by atoms with Gasteiger partial charge in [-0.1, -0.05) is 85.0 Å². The quantitative estimate of drug-likeness (QED) is 0.320. The van der Waals surface area contributed by atoms with Crippen molar-refractivity contribution in [3.05, 3.63) is 95.1 Å². The molecule has 0 radical (unpaired) electrons. The summed E-state index contributed by atoms with van der Waals surface area (Å²) in [6.07, 6.45) is 15.9. The molecule has 0 aliphatic carbocycles. The second kappa shape index (κ2) is 19.6. The van der Waals surface area contributed by atoms with Crippen LogP contribution in [0.25, 0.3) is 24.3 Å². The summed E-state index contributed by atoms with van der Waals surface area (Å²) in [5, 5.41) is 17.2. The molecule has 2 rings (SSSR count). The predicted octanol–water partition coefficient (Wildman–Crippen LogP) is 6.07. The smallest absolute Gasteiger partial charge is 0.229 e. The highest BCUT2D eigenvalue weighted by Crippen LogP contribution is 2.09. The minimum absolute atomic E-state index is 0.0523. The van der Waals surface area contributed by atoms with E-state index in [1.165, 1.54) is 0 Å². The molecule has 180 valence electrons. The van der Waals surface area contributed by atoms with Gasteiger partial charge < -0.3 is 10.2 Å². The SMILES string of the molecule is CS(=O)(=O)Cl.ClC/C=C/c1cccc(/C=C/CCl)c1.OC/C=C/c1cccc(/C=C/CO)c1. The normalized spacial score (nSPS) is 11.6. The van der Waals surface area contributed by atoms with E-state index in [1.54, 1.807) is 12.2 Å². The molecule has 2 aromatic carbocycles. The highest BCUT2D eigenvalue weighted by molar-refractivity contribution is 8.13. The van der Waals surface area contributed by atoms with E-state index in [2.05, 4.69) is 16.7 Å². The van der Waals surface area contributed by atoms with Crippen molar-refractivity contribution in [3.8, 4) is 0 Å². The van der Waals surface area contributed by atoms with Crippen molar-refractivity contribution in [2.24, 2.45) is 0 Å². The number of aliphatic hydroxyl groups excluding tert-OH is 2. The van der Waals surface area contributed by atoms with Gasteiger partial charge in [0.25, 0.3) is 0 Å². The molecule has 0 aliphatic rings. The number of rotatable bonds is 8. The largest absolute Gasteiger partial charge is 0.392 e. The summed E-state index contributed by atoms with van der Waals surface area (Å²) < 4.78 is 18.8. The third kappa shape index (κ3) is 20.5. The van der Waals surface area contributed by atoms with Gasteiger partial charge in [0.05, 0.1) is 19.5 Å². The van der Waals surface area contributed by atoms with Gasteiger partial charge >= 0.3 is 0 Å². The number of benzene rings is 2. The monoisotopic (exact) mass is 530 g/mol. The molecule has 8 heteroatoms. The topological polar surface area (TPSA) is 74.6 Å². The maximum absolute atomic E-state index is 9.40. The van der Waals surface area contributed by atoms with E-state index in [0.717, 1.165) is 28.5 Å². The van der Waals surface area contributed by atoms with E-state index >= 15 is 0 Å². The van der Waals surface area contributed by atoms with Crippen LogP contribution in [0, 0.1) is 0 Å². The zero-order valence-electron chi connectivity index (χ0n) is 18.3. The van der Waals surface area contributed by atoms with Gasteiger partial charge in [0.2, 0.25) is 9.05 Å². The van der Waals surface area contributed by atoms with Gasteiger partial charge in [-0.25, -0.2) is 8.42 Å². The van der Waals surface area contributed by atoms with Gasteiger partial charge in [0.1, 0.15) is 0 Å². The summed E-state index contributed by atoms with van der Waals surface area (Å²) in [6, 6.07) is 16.0. The van der Waals surface area contributed by atoms with E-state index in [-0.39, 0.29) is 13.2 Å². The summed E-state index contributed by atoms with van der Waals surface area (Å²) in [5.41, 5.74) is 4.39. The van der Waals surface area contributed by atoms with Gasteiger partial charge in [-0.05, 0) is 34.4 Å². The van der Waals surface area contributed by atoms with E-state index in [4.69, 9.17) is 33.4 Å². The van der Waals surface area contributed by atoms with Crippen LogP contribution in [0.3, 0.4) is 0 Å². The molecule has 0 atom stereocenters. The maximum Gasteiger partial charge on any atom is 0.229 e. The van der Waals surface area contributed by atoms with Crippen LogP contribution in [0.1, 0.15) is 22.3 Å². The van der Waals surface area contributed by atoms with E-state index in [0.29, 0.717) is 11.8 Å². The Morgan fingerprint density at radius 1 is 0.697 bits per heavy atom. The lowest BCUT2D eigenvalue weighted by molar-refractivity contribution is 0.343. The molecule has 2 aromatic rings. The molecule has 0 amide bonds. The van der Waals surface area contributed by atoms with Crippen molar-refractivity contribution in [2.75, 3.05) is 31.2 Å². The maximum atomic E-state index is 9.40. The van der Waals surface area contributed by atoms with Crippen LogP contribution in [0.2, 0.25) is 0 Å². The highest BCUT2D eigenvalue weighted by Gasteiger charge is 1.89. The van der Waals surface area contributed by atoms with Gasteiger partial charge in [0, 0.05) is 22.4 Å². The lowest BCUT2D eigenvalue weighted by Gasteiger charge is -1.96. The van der Waals surface area contributed by atoms with Crippen molar-refractivity contribution < 1.29 is 18.6 Å². The number of hydrogen-bond acceptors (Lipinski definition) is 4.